The third-order valence-electron chi connectivity index (χ3n) is 4.45. The lowest BCUT2D eigenvalue weighted by molar-refractivity contribution is 0.422. The summed E-state index contributed by atoms with van der Waals surface area (Å²) in [6.07, 6.45) is 4.09. The second-order valence-electron chi connectivity index (χ2n) is 6.78. The first kappa shape index (κ1) is 16.1. The van der Waals surface area contributed by atoms with Gasteiger partial charge < -0.3 is 10.2 Å². The molecule has 1 N–H and O–H groups in total. The predicted octanol–water partition coefficient (Wildman–Crippen LogP) is 3.90. The van der Waals surface area contributed by atoms with E-state index in [2.05, 4.69) is 54.8 Å². The van der Waals surface area contributed by atoms with E-state index in [0.29, 0.717) is 5.92 Å². The van der Waals surface area contributed by atoms with Crippen molar-refractivity contribution in [3.63, 3.8) is 0 Å². The molecule has 0 aromatic carbocycles. The minimum absolute atomic E-state index is 0.429. The van der Waals surface area contributed by atoms with Gasteiger partial charge in [-0.1, -0.05) is 34.6 Å². The van der Waals surface area contributed by atoms with Crippen molar-refractivity contribution in [2.75, 3.05) is 29.9 Å². The van der Waals surface area contributed by atoms with Gasteiger partial charge in [0.15, 0.2) is 0 Å². The fourth-order valence-electron chi connectivity index (χ4n) is 3.08. The predicted molar refractivity (Wildman–Crippen MR) is 90.1 cm³/mol. The number of hydrogen-bond acceptors (Lipinski definition) is 4. The highest BCUT2D eigenvalue weighted by Crippen LogP contribution is 2.34. The second kappa shape index (κ2) is 7.10. The second-order valence-corrected chi connectivity index (χ2v) is 6.78. The maximum atomic E-state index is 4.62. The molecule has 0 radical (unpaired) electrons. The molecule has 1 aliphatic rings. The van der Waals surface area contributed by atoms with Crippen molar-refractivity contribution in [1.29, 1.82) is 0 Å². The van der Waals surface area contributed by atoms with Crippen molar-refractivity contribution in [1.82, 2.24) is 9.97 Å². The molecular weight excluding hydrogens is 260 g/mol. The molecular formula is C17H30N4. The third-order valence-corrected chi connectivity index (χ3v) is 4.45. The summed E-state index contributed by atoms with van der Waals surface area (Å²) in [5.41, 5.74) is 1.27. The normalized spacial score (nSPS) is 18.8. The molecule has 1 unspecified atom stereocenters. The number of nitrogens with zero attached hydrogens (tertiary/aromatic N) is 3. The van der Waals surface area contributed by atoms with Crippen molar-refractivity contribution < 1.29 is 0 Å². The van der Waals surface area contributed by atoms with E-state index in [1.54, 1.807) is 6.33 Å². The van der Waals surface area contributed by atoms with E-state index < -0.39 is 0 Å². The zero-order valence-electron chi connectivity index (χ0n) is 14.2. The van der Waals surface area contributed by atoms with Crippen LogP contribution in [-0.4, -0.2) is 29.6 Å². The average Bonchev–Trinajstić information content (AvgIpc) is 2.94. The molecule has 0 spiro atoms. The van der Waals surface area contributed by atoms with Crippen molar-refractivity contribution in [3.8, 4) is 0 Å². The van der Waals surface area contributed by atoms with E-state index in [4.69, 9.17) is 0 Å². The Kier molecular flexibility index (Phi) is 5.43. The number of anilines is 2. The van der Waals surface area contributed by atoms with Crippen LogP contribution in [0.1, 0.15) is 58.9 Å². The average molecular weight is 290 g/mol. The molecule has 1 saturated heterocycles. The first-order valence-electron chi connectivity index (χ1n) is 8.38. The summed E-state index contributed by atoms with van der Waals surface area (Å²) in [5, 5.41) is 3.46. The highest BCUT2D eigenvalue weighted by Gasteiger charge is 2.28. The first-order valence-corrected chi connectivity index (χ1v) is 8.38. The Morgan fingerprint density at radius 3 is 2.62 bits per heavy atom. The Balaban J connectivity index is 2.26. The van der Waals surface area contributed by atoms with Crippen molar-refractivity contribution in [3.05, 3.63) is 11.9 Å². The van der Waals surface area contributed by atoms with Gasteiger partial charge in [0.1, 0.15) is 18.0 Å². The zero-order valence-corrected chi connectivity index (χ0v) is 14.2. The Bertz CT molecular complexity index is 456. The minimum atomic E-state index is 0.429. The van der Waals surface area contributed by atoms with Crippen molar-refractivity contribution in [2.45, 2.75) is 53.4 Å². The van der Waals surface area contributed by atoms with Gasteiger partial charge in [0.2, 0.25) is 0 Å². The molecule has 1 aromatic heterocycles. The van der Waals surface area contributed by atoms with Crippen LogP contribution in [0, 0.1) is 11.8 Å². The number of aromatic nitrogens is 2. The van der Waals surface area contributed by atoms with E-state index in [1.165, 1.54) is 12.0 Å². The summed E-state index contributed by atoms with van der Waals surface area (Å²) < 4.78 is 0. The monoisotopic (exact) mass is 290 g/mol. The fraction of sp³-hybridized carbons (Fsp3) is 0.765. The topological polar surface area (TPSA) is 41.1 Å². The highest BCUT2D eigenvalue weighted by atomic mass is 15.2. The Morgan fingerprint density at radius 1 is 1.29 bits per heavy atom. The SMILES string of the molecule is CCCNc1ncnc(N2CCC(C(C)C)C2)c1C(C)C. The molecule has 0 bridgehead atoms. The summed E-state index contributed by atoms with van der Waals surface area (Å²) in [6.45, 7) is 14.5. The molecule has 4 nitrogen and oxygen atoms in total. The van der Waals surface area contributed by atoms with Gasteiger partial charge in [0.25, 0.3) is 0 Å². The van der Waals surface area contributed by atoms with Crippen LogP contribution in [0.4, 0.5) is 11.6 Å². The van der Waals surface area contributed by atoms with E-state index in [9.17, 15) is 0 Å². The van der Waals surface area contributed by atoms with E-state index >= 15 is 0 Å². The first-order chi connectivity index (χ1) is 10.0. The van der Waals surface area contributed by atoms with Crippen LogP contribution in [0.3, 0.4) is 0 Å². The maximum absolute atomic E-state index is 4.62. The lowest BCUT2D eigenvalue weighted by atomic mass is 9.95. The van der Waals surface area contributed by atoms with Gasteiger partial charge in [-0.15, -0.1) is 0 Å². The molecule has 2 rings (SSSR count). The van der Waals surface area contributed by atoms with Crippen LogP contribution in [0.15, 0.2) is 6.33 Å². The van der Waals surface area contributed by atoms with Crippen LogP contribution in [0.25, 0.3) is 0 Å². The van der Waals surface area contributed by atoms with E-state index in [0.717, 1.165) is 49.5 Å². The van der Waals surface area contributed by atoms with Crippen molar-refractivity contribution >= 4 is 11.6 Å². The summed E-state index contributed by atoms with van der Waals surface area (Å²) in [6, 6.07) is 0. The van der Waals surface area contributed by atoms with Gasteiger partial charge in [0, 0.05) is 25.2 Å². The van der Waals surface area contributed by atoms with Gasteiger partial charge >= 0.3 is 0 Å². The van der Waals surface area contributed by atoms with E-state index in [-0.39, 0.29) is 0 Å². The van der Waals surface area contributed by atoms with Gasteiger partial charge in [-0.3, -0.25) is 0 Å². The molecule has 4 heteroatoms. The van der Waals surface area contributed by atoms with Gasteiger partial charge in [-0.05, 0) is 30.6 Å². The van der Waals surface area contributed by atoms with Gasteiger partial charge in [-0.2, -0.15) is 0 Å². The minimum Gasteiger partial charge on any atom is -0.370 e. The zero-order chi connectivity index (χ0) is 15.4. The van der Waals surface area contributed by atoms with Crippen LogP contribution in [0.2, 0.25) is 0 Å². The summed E-state index contributed by atoms with van der Waals surface area (Å²) in [4.78, 5) is 11.6. The van der Waals surface area contributed by atoms with Crippen LogP contribution in [-0.2, 0) is 0 Å². The van der Waals surface area contributed by atoms with Crippen LogP contribution >= 0.6 is 0 Å². The molecule has 0 saturated carbocycles. The van der Waals surface area contributed by atoms with Crippen LogP contribution < -0.4 is 10.2 Å². The molecule has 1 aliphatic heterocycles. The van der Waals surface area contributed by atoms with E-state index in [1.807, 2.05) is 0 Å². The summed E-state index contributed by atoms with van der Waals surface area (Å²) >= 11 is 0. The summed E-state index contributed by atoms with van der Waals surface area (Å²) in [5.74, 6) is 4.12. The van der Waals surface area contributed by atoms with Gasteiger partial charge in [0.05, 0.1) is 0 Å². The highest BCUT2D eigenvalue weighted by molar-refractivity contribution is 5.60. The molecule has 0 aliphatic carbocycles. The molecule has 1 aromatic rings. The van der Waals surface area contributed by atoms with Crippen LogP contribution in [0.5, 0.6) is 0 Å². The summed E-state index contributed by atoms with van der Waals surface area (Å²) in [7, 11) is 0. The third kappa shape index (κ3) is 3.66. The van der Waals surface area contributed by atoms with Crippen molar-refractivity contribution in [2.24, 2.45) is 11.8 Å². The lowest BCUT2D eigenvalue weighted by Crippen LogP contribution is -2.24. The maximum Gasteiger partial charge on any atom is 0.137 e. The Hall–Kier alpha value is -1.32. The smallest absolute Gasteiger partial charge is 0.137 e. The molecule has 1 atom stereocenters. The van der Waals surface area contributed by atoms with Gasteiger partial charge in [-0.25, -0.2) is 9.97 Å². The lowest BCUT2D eigenvalue weighted by Gasteiger charge is -2.24. The number of hydrogen-bond donors (Lipinski definition) is 1. The Morgan fingerprint density at radius 2 is 2.05 bits per heavy atom. The quantitative estimate of drug-likeness (QED) is 0.862. The molecule has 0 amide bonds. The molecule has 2 heterocycles. The standard InChI is InChI=1S/C17H30N4/c1-6-8-18-16-15(13(4)5)17(20-11-19-16)21-9-7-14(10-21)12(2)3/h11-14H,6-10H2,1-5H3,(H,18,19,20). The fourth-order valence-corrected chi connectivity index (χ4v) is 3.08. The Labute approximate surface area is 129 Å². The molecule has 118 valence electrons. The number of nitrogens with one attached hydrogen (secondary N) is 1. The number of rotatable bonds is 6. The molecule has 21 heavy (non-hydrogen) atoms. The molecule has 1 fully saturated rings. The largest absolute Gasteiger partial charge is 0.370 e.